The Kier molecular flexibility index (Phi) is 5.39. The van der Waals surface area contributed by atoms with E-state index in [-0.39, 0.29) is 18.1 Å². The Bertz CT molecular complexity index is 824. The van der Waals surface area contributed by atoms with Gasteiger partial charge >= 0.3 is 5.97 Å². The minimum atomic E-state index is -1.02. The summed E-state index contributed by atoms with van der Waals surface area (Å²) in [7, 11) is 3.25. The maximum atomic E-state index is 12.2. The van der Waals surface area contributed by atoms with Crippen molar-refractivity contribution >= 4 is 23.5 Å². The minimum Gasteiger partial charge on any atom is -0.481 e. The number of carbonyl (C=O) groups excluding carboxylic acids is 2. The van der Waals surface area contributed by atoms with Crippen LogP contribution in [0.25, 0.3) is 0 Å². The fraction of sp³-hybridized carbons (Fsp3) is 0.353. The van der Waals surface area contributed by atoms with Crippen molar-refractivity contribution in [3.05, 3.63) is 41.7 Å². The Balaban J connectivity index is 2.05. The molecule has 0 fully saturated rings. The largest absolute Gasteiger partial charge is 0.481 e. The molecular formula is C17H21N5O4. The van der Waals surface area contributed by atoms with Crippen molar-refractivity contribution in [3.8, 4) is 0 Å². The number of carboxylic acid groups (broad SMARTS) is 1. The third-order valence-corrected chi connectivity index (χ3v) is 3.97. The zero-order valence-corrected chi connectivity index (χ0v) is 15.1. The van der Waals surface area contributed by atoms with E-state index in [1.165, 1.54) is 15.8 Å². The molecule has 0 aliphatic rings. The molecule has 0 unspecified atom stereocenters. The Morgan fingerprint density at radius 3 is 2.35 bits per heavy atom. The first kappa shape index (κ1) is 19.1. The molecule has 0 aliphatic carbocycles. The van der Waals surface area contributed by atoms with Crippen molar-refractivity contribution in [2.24, 2.45) is 0 Å². The fourth-order valence-electron chi connectivity index (χ4n) is 2.05. The van der Waals surface area contributed by atoms with Crippen LogP contribution in [0, 0.1) is 0 Å². The molecule has 0 saturated heterocycles. The van der Waals surface area contributed by atoms with Crippen LogP contribution in [0.5, 0.6) is 0 Å². The number of hydrogen-bond donors (Lipinski definition) is 2. The molecule has 1 heterocycles. The van der Waals surface area contributed by atoms with Crippen LogP contribution in [0.1, 0.15) is 29.9 Å². The van der Waals surface area contributed by atoms with E-state index < -0.39 is 17.3 Å². The second-order valence-electron chi connectivity index (χ2n) is 6.55. The molecule has 138 valence electrons. The highest BCUT2D eigenvalue weighted by atomic mass is 16.4. The van der Waals surface area contributed by atoms with E-state index in [1.807, 2.05) is 0 Å². The van der Waals surface area contributed by atoms with E-state index in [0.717, 1.165) is 0 Å². The van der Waals surface area contributed by atoms with Crippen molar-refractivity contribution in [3.63, 3.8) is 0 Å². The number of anilines is 1. The number of likely N-dealkylation sites (N-methyl/N-ethyl adjacent to an activating group) is 1. The van der Waals surface area contributed by atoms with E-state index in [4.69, 9.17) is 0 Å². The summed E-state index contributed by atoms with van der Waals surface area (Å²) in [5, 5.41) is 19.4. The van der Waals surface area contributed by atoms with Crippen LogP contribution in [-0.2, 0) is 21.5 Å². The molecule has 26 heavy (non-hydrogen) atoms. The molecule has 2 N–H and O–H groups in total. The van der Waals surface area contributed by atoms with Gasteiger partial charge < -0.3 is 15.3 Å². The summed E-state index contributed by atoms with van der Waals surface area (Å²) >= 11 is 0. The molecule has 0 atom stereocenters. The van der Waals surface area contributed by atoms with Gasteiger partial charge in [0.1, 0.15) is 6.54 Å². The quantitative estimate of drug-likeness (QED) is 0.794. The van der Waals surface area contributed by atoms with Crippen LogP contribution in [0.15, 0.2) is 30.5 Å². The summed E-state index contributed by atoms with van der Waals surface area (Å²) in [4.78, 5) is 36.6. The molecule has 2 aromatic rings. The summed E-state index contributed by atoms with van der Waals surface area (Å²) in [6.07, 6.45) is 1.39. The van der Waals surface area contributed by atoms with E-state index in [0.29, 0.717) is 11.3 Å². The number of aromatic nitrogens is 3. The zero-order chi connectivity index (χ0) is 19.5. The van der Waals surface area contributed by atoms with Gasteiger partial charge in [-0.1, -0.05) is 17.3 Å². The first-order chi connectivity index (χ1) is 12.1. The number of amides is 2. The number of nitrogens with zero attached hydrogens (tertiary/aromatic N) is 4. The van der Waals surface area contributed by atoms with E-state index >= 15 is 0 Å². The van der Waals surface area contributed by atoms with E-state index in [1.54, 1.807) is 52.2 Å². The summed E-state index contributed by atoms with van der Waals surface area (Å²) in [6.45, 7) is 3.21. The molecule has 9 heteroatoms. The zero-order valence-electron chi connectivity index (χ0n) is 15.1. The maximum Gasteiger partial charge on any atom is 0.313 e. The molecule has 1 aromatic heterocycles. The highest BCUT2D eigenvalue weighted by Crippen LogP contribution is 2.24. The molecule has 2 amide bonds. The number of nitrogens with one attached hydrogen (secondary N) is 1. The van der Waals surface area contributed by atoms with Crippen molar-refractivity contribution in [2.75, 3.05) is 19.4 Å². The number of hydrogen-bond acceptors (Lipinski definition) is 5. The minimum absolute atomic E-state index is 0.00769. The third-order valence-electron chi connectivity index (χ3n) is 3.97. The van der Waals surface area contributed by atoms with Crippen LogP contribution >= 0.6 is 0 Å². The van der Waals surface area contributed by atoms with Gasteiger partial charge in [0.2, 0.25) is 5.91 Å². The predicted molar refractivity (Wildman–Crippen MR) is 93.8 cm³/mol. The van der Waals surface area contributed by atoms with Gasteiger partial charge in [0.25, 0.3) is 5.91 Å². The summed E-state index contributed by atoms with van der Waals surface area (Å²) in [5.41, 5.74) is 0.172. The Morgan fingerprint density at radius 1 is 1.19 bits per heavy atom. The molecule has 0 saturated carbocycles. The number of aliphatic carboxylic acids is 1. The van der Waals surface area contributed by atoms with Crippen LogP contribution in [0.2, 0.25) is 0 Å². The number of rotatable bonds is 6. The van der Waals surface area contributed by atoms with E-state index in [9.17, 15) is 19.5 Å². The van der Waals surface area contributed by atoms with Gasteiger partial charge in [0, 0.05) is 19.8 Å². The lowest BCUT2D eigenvalue weighted by Gasteiger charge is -2.19. The third kappa shape index (κ3) is 4.24. The number of benzene rings is 1. The Morgan fingerprint density at radius 2 is 1.81 bits per heavy atom. The second kappa shape index (κ2) is 7.34. The van der Waals surface area contributed by atoms with Gasteiger partial charge in [-0.25, -0.2) is 4.68 Å². The second-order valence-corrected chi connectivity index (χ2v) is 6.55. The van der Waals surface area contributed by atoms with Crippen molar-refractivity contribution in [2.45, 2.75) is 25.8 Å². The lowest BCUT2D eigenvalue weighted by molar-refractivity contribution is -0.142. The standard InChI is InChI=1S/C17H21N5O4/c1-17(2,16(25)26)11-5-7-12(8-6-11)18-15(24)13-9-22(20-19-13)10-14(23)21(3)4/h5-9H,10H2,1-4H3,(H,18,24)(H,25,26). The lowest BCUT2D eigenvalue weighted by atomic mass is 9.85. The van der Waals surface area contributed by atoms with Gasteiger partial charge in [0.15, 0.2) is 5.69 Å². The molecule has 0 aliphatic heterocycles. The molecule has 0 bridgehead atoms. The number of carbonyl (C=O) groups is 3. The Hall–Kier alpha value is -3.23. The van der Waals surface area contributed by atoms with Crippen molar-refractivity contribution in [1.29, 1.82) is 0 Å². The topological polar surface area (TPSA) is 117 Å². The lowest BCUT2D eigenvalue weighted by Crippen LogP contribution is -2.28. The number of carboxylic acids is 1. The molecule has 1 aromatic carbocycles. The van der Waals surface area contributed by atoms with Gasteiger partial charge in [-0.2, -0.15) is 0 Å². The fourth-order valence-corrected chi connectivity index (χ4v) is 2.05. The van der Waals surface area contributed by atoms with Crippen LogP contribution < -0.4 is 5.32 Å². The first-order valence-electron chi connectivity index (χ1n) is 7.87. The normalized spacial score (nSPS) is 11.1. The first-order valence-corrected chi connectivity index (χ1v) is 7.87. The van der Waals surface area contributed by atoms with Crippen LogP contribution in [-0.4, -0.2) is 56.9 Å². The van der Waals surface area contributed by atoms with Crippen LogP contribution in [0.4, 0.5) is 5.69 Å². The Labute approximate surface area is 150 Å². The SMILES string of the molecule is CN(C)C(=O)Cn1cc(C(=O)Nc2ccc(C(C)(C)C(=O)O)cc2)nn1. The van der Waals surface area contributed by atoms with Crippen molar-refractivity contribution < 1.29 is 19.5 Å². The molecule has 9 nitrogen and oxygen atoms in total. The predicted octanol–water partition coefficient (Wildman–Crippen LogP) is 0.981. The van der Waals surface area contributed by atoms with Gasteiger partial charge in [-0.05, 0) is 31.5 Å². The molecular weight excluding hydrogens is 338 g/mol. The highest BCUT2D eigenvalue weighted by Gasteiger charge is 2.29. The average molecular weight is 359 g/mol. The van der Waals surface area contributed by atoms with Gasteiger partial charge in [0.05, 0.1) is 11.6 Å². The van der Waals surface area contributed by atoms with Crippen LogP contribution in [0.3, 0.4) is 0 Å². The smallest absolute Gasteiger partial charge is 0.313 e. The monoisotopic (exact) mass is 359 g/mol. The highest BCUT2D eigenvalue weighted by molar-refractivity contribution is 6.02. The summed E-state index contributed by atoms with van der Waals surface area (Å²) in [5.74, 6) is -1.57. The molecule has 0 spiro atoms. The van der Waals surface area contributed by atoms with Crippen molar-refractivity contribution in [1.82, 2.24) is 19.9 Å². The average Bonchev–Trinajstić information content (AvgIpc) is 3.03. The van der Waals surface area contributed by atoms with Gasteiger partial charge in [-0.3, -0.25) is 14.4 Å². The molecule has 2 rings (SSSR count). The summed E-state index contributed by atoms with van der Waals surface area (Å²) < 4.78 is 1.29. The molecule has 0 radical (unpaired) electrons. The van der Waals surface area contributed by atoms with E-state index in [2.05, 4.69) is 15.6 Å². The summed E-state index contributed by atoms with van der Waals surface area (Å²) in [6, 6.07) is 6.54. The maximum absolute atomic E-state index is 12.2. The van der Waals surface area contributed by atoms with Gasteiger partial charge in [-0.15, -0.1) is 5.10 Å².